The van der Waals surface area contributed by atoms with Crippen LogP contribution in [0.4, 0.5) is 0 Å². The standard InChI is InChI=1S/C39H40ClN7O4/c1-23-29(24-13-14-47-35(15-24)44-20-26(39(47)50)18-42-22-28-10-12-37(49)46-28)5-3-6-30(23)31-7-4-8-32(38(31)40)33-16-34(51-2)25(19-43-33)17-41-21-27-9-11-36(48)45-27/h3-8,13-16,19-20,27-28,41-42H,9-12,17-18,21-22H2,1-2H3,(H,45,48)(H,46,49)/t27-,28-/m1/s1. The number of carbonyl (C=O) groups is 2. The molecule has 2 aromatic carbocycles. The van der Waals surface area contributed by atoms with Crippen LogP contribution in [0, 0.1) is 6.92 Å². The second-order valence-corrected chi connectivity index (χ2v) is 13.5. The normalized spacial score (nSPS) is 17.2. The highest BCUT2D eigenvalue weighted by molar-refractivity contribution is 6.36. The van der Waals surface area contributed by atoms with E-state index < -0.39 is 0 Å². The third-order valence-corrected chi connectivity index (χ3v) is 10.1. The molecule has 11 nitrogen and oxygen atoms in total. The molecule has 2 aliphatic rings. The summed E-state index contributed by atoms with van der Waals surface area (Å²) in [4.78, 5) is 45.6. The van der Waals surface area contributed by atoms with Gasteiger partial charge in [0.2, 0.25) is 11.8 Å². The molecule has 2 amide bonds. The van der Waals surface area contributed by atoms with Crippen LogP contribution in [0.2, 0.25) is 5.02 Å². The minimum Gasteiger partial charge on any atom is -0.496 e. The molecule has 4 N–H and O–H groups in total. The maximum atomic E-state index is 13.3. The van der Waals surface area contributed by atoms with Gasteiger partial charge >= 0.3 is 0 Å². The van der Waals surface area contributed by atoms with Crippen molar-refractivity contribution in [2.75, 3.05) is 20.2 Å². The van der Waals surface area contributed by atoms with Gasteiger partial charge in [0, 0.05) is 98.0 Å². The van der Waals surface area contributed by atoms with Crippen molar-refractivity contribution < 1.29 is 14.3 Å². The summed E-state index contributed by atoms with van der Waals surface area (Å²) in [6.45, 7) is 4.28. The van der Waals surface area contributed by atoms with Gasteiger partial charge in [-0.3, -0.25) is 23.8 Å². The predicted molar refractivity (Wildman–Crippen MR) is 198 cm³/mol. The lowest BCUT2D eigenvalue weighted by Crippen LogP contribution is -2.36. The Kier molecular flexibility index (Phi) is 10.1. The molecule has 2 saturated heterocycles. The summed E-state index contributed by atoms with van der Waals surface area (Å²) in [5.74, 6) is 0.873. The summed E-state index contributed by atoms with van der Waals surface area (Å²) >= 11 is 7.14. The molecule has 0 spiro atoms. The number of aromatic nitrogens is 3. The van der Waals surface area contributed by atoms with Gasteiger partial charge in [0.05, 0.1) is 17.8 Å². The molecule has 5 heterocycles. The van der Waals surface area contributed by atoms with Gasteiger partial charge in [-0.1, -0.05) is 48.0 Å². The Morgan fingerprint density at radius 2 is 1.45 bits per heavy atom. The number of hydrogen-bond donors (Lipinski definition) is 4. The van der Waals surface area contributed by atoms with Crippen LogP contribution in [-0.2, 0) is 22.7 Å². The van der Waals surface area contributed by atoms with E-state index in [1.807, 2.05) is 42.5 Å². The van der Waals surface area contributed by atoms with Gasteiger partial charge in [-0.05, 0) is 54.2 Å². The maximum Gasteiger partial charge on any atom is 0.262 e. The molecule has 2 aliphatic heterocycles. The summed E-state index contributed by atoms with van der Waals surface area (Å²) in [6.07, 6.45) is 7.95. The molecule has 262 valence electrons. The largest absolute Gasteiger partial charge is 0.496 e. The molecule has 3 aromatic heterocycles. The van der Waals surface area contributed by atoms with Crippen molar-refractivity contribution in [3.05, 3.63) is 105 Å². The van der Waals surface area contributed by atoms with Crippen LogP contribution in [-0.4, -0.2) is 58.5 Å². The van der Waals surface area contributed by atoms with E-state index in [0.717, 1.165) is 51.8 Å². The number of methoxy groups -OCH3 is 1. The lowest BCUT2D eigenvalue weighted by Gasteiger charge is -2.16. The highest BCUT2D eigenvalue weighted by Crippen LogP contribution is 2.40. The molecule has 12 heteroatoms. The van der Waals surface area contributed by atoms with Crippen molar-refractivity contribution in [1.29, 1.82) is 0 Å². The van der Waals surface area contributed by atoms with Crippen LogP contribution < -0.4 is 31.6 Å². The van der Waals surface area contributed by atoms with E-state index in [4.69, 9.17) is 21.3 Å². The van der Waals surface area contributed by atoms with Gasteiger partial charge in [0.15, 0.2) is 0 Å². The average Bonchev–Trinajstić information content (AvgIpc) is 3.76. The zero-order chi connectivity index (χ0) is 35.5. The van der Waals surface area contributed by atoms with Gasteiger partial charge in [-0.15, -0.1) is 0 Å². The Bertz CT molecular complexity index is 2190. The Labute approximate surface area is 300 Å². The van der Waals surface area contributed by atoms with Crippen LogP contribution in [0.25, 0.3) is 39.2 Å². The van der Waals surface area contributed by atoms with Gasteiger partial charge in [0.1, 0.15) is 11.4 Å². The van der Waals surface area contributed by atoms with Gasteiger partial charge < -0.3 is 26.0 Å². The van der Waals surface area contributed by atoms with Crippen LogP contribution in [0.15, 0.2) is 78.0 Å². The van der Waals surface area contributed by atoms with E-state index in [0.29, 0.717) is 66.7 Å². The molecule has 0 aliphatic carbocycles. The number of ether oxygens (including phenoxy) is 1. The first-order chi connectivity index (χ1) is 24.8. The lowest BCUT2D eigenvalue weighted by molar-refractivity contribution is -0.120. The van der Waals surface area contributed by atoms with Crippen LogP contribution >= 0.6 is 11.6 Å². The number of pyridine rings is 2. The maximum absolute atomic E-state index is 13.3. The second kappa shape index (κ2) is 15.0. The first kappa shape index (κ1) is 34.4. The monoisotopic (exact) mass is 705 g/mol. The second-order valence-electron chi connectivity index (χ2n) is 13.1. The van der Waals surface area contributed by atoms with Gasteiger partial charge in [-0.25, -0.2) is 4.98 Å². The number of nitrogens with one attached hydrogen (secondary N) is 4. The highest BCUT2D eigenvalue weighted by Gasteiger charge is 2.22. The smallest absolute Gasteiger partial charge is 0.262 e. The number of hydrogen-bond acceptors (Lipinski definition) is 8. The summed E-state index contributed by atoms with van der Waals surface area (Å²) in [5.41, 5.74) is 8.22. The lowest BCUT2D eigenvalue weighted by atomic mass is 9.92. The summed E-state index contributed by atoms with van der Waals surface area (Å²) < 4.78 is 7.30. The van der Waals surface area contributed by atoms with Crippen molar-refractivity contribution in [3.8, 4) is 39.3 Å². The van der Waals surface area contributed by atoms with Crippen LogP contribution in [0.5, 0.6) is 5.75 Å². The molecular weight excluding hydrogens is 666 g/mol. The minimum atomic E-state index is -0.128. The minimum absolute atomic E-state index is 0.0701. The van der Waals surface area contributed by atoms with Crippen molar-refractivity contribution in [2.45, 2.75) is 57.8 Å². The van der Waals surface area contributed by atoms with E-state index in [-0.39, 0.29) is 29.5 Å². The molecule has 0 bridgehead atoms. The first-order valence-electron chi connectivity index (χ1n) is 17.2. The summed E-state index contributed by atoms with van der Waals surface area (Å²) in [6, 6.07) is 18.0. The number of halogens is 1. The number of amides is 2. The Morgan fingerprint density at radius 1 is 0.824 bits per heavy atom. The predicted octanol–water partition coefficient (Wildman–Crippen LogP) is 4.80. The number of rotatable bonds is 12. The first-order valence-corrected chi connectivity index (χ1v) is 17.6. The molecule has 51 heavy (non-hydrogen) atoms. The fraction of sp³-hybridized carbons (Fsp3) is 0.308. The number of carbonyl (C=O) groups excluding carboxylic acids is 2. The molecule has 0 saturated carbocycles. The molecule has 2 atom stereocenters. The molecular formula is C39H40ClN7O4. The van der Waals surface area contributed by atoms with Crippen molar-refractivity contribution in [1.82, 2.24) is 35.6 Å². The quantitative estimate of drug-likeness (QED) is 0.145. The molecule has 0 radical (unpaired) electrons. The third-order valence-electron chi connectivity index (χ3n) is 9.74. The van der Waals surface area contributed by atoms with E-state index in [1.165, 1.54) is 0 Å². The molecule has 5 aromatic rings. The highest BCUT2D eigenvalue weighted by atomic mass is 35.5. The van der Waals surface area contributed by atoms with Gasteiger partial charge in [0.25, 0.3) is 5.56 Å². The average molecular weight is 706 g/mol. The van der Waals surface area contributed by atoms with Crippen molar-refractivity contribution >= 4 is 29.1 Å². The van der Waals surface area contributed by atoms with E-state index in [9.17, 15) is 14.4 Å². The van der Waals surface area contributed by atoms with Crippen LogP contribution in [0.3, 0.4) is 0 Å². The Balaban J connectivity index is 1.10. The number of benzene rings is 2. The SMILES string of the molecule is COc1cc(-c2cccc(-c3cccc(-c4ccn5c(=O)c(CNC[C@H]6CCC(=O)N6)cnc5c4)c3C)c2Cl)ncc1CNC[C@H]1CCC(=O)N1. The van der Waals surface area contributed by atoms with Crippen molar-refractivity contribution in [3.63, 3.8) is 0 Å². The van der Waals surface area contributed by atoms with Gasteiger partial charge in [-0.2, -0.15) is 0 Å². The van der Waals surface area contributed by atoms with E-state index in [1.54, 1.807) is 30.1 Å². The summed E-state index contributed by atoms with van der Waals surface area (Å²) in [5, 5.41) is 13.2. The number of nitrogens with zero attached hydrogens (tertiary/aromatic N) is 3. The number of fused-ring (bicyclic) bond motifs is 1. The van der Waals surface area contributed by atoms with Crippen molar-refractivity contribution in [2.24, 2.45) is 0 Å². The third kappa shape index (κ3) is 7.37. The molecule has 0 unspecified atom stereocenters. The van der Waals surface area contributed by atoms with Crippen LogP contribution in [0.1, 0.15) is 42.4 Å². The summed E-state index contributed by atoms with van der Waals surface area (Å²) in [7, 11) is 1.64. The molecule has 7 rings (SSSR count). The fourth-order valence-electron chi connectivity index (χ4n) is 6.94. The fourth-order valence-corrected chi connectivity index (χ4v) is 7.26. The zero-order valence-corrected chi connectivity index (χ0v) is 29.3. The topological polar surface area (TPSA) is 139 Å². The Hall–Kier alpha value is -5.10. The Morgan fingerprint density at radius 3 is 2.12 bits per heavy atom. The van der Waals surface area contributed by atoms with E-state index in [2.05, 4.69) is 45.3 Å². The van der Waals surface area contributed by atoms with E-state index >= 15 is 0 Å². The molecule has 2 fully saturated rings. The zero-order valence-electron chi connectivity index (χ0n) is 28.6.